The lowest BCUT2D eigenvalue weighted by atomic mass is 9.77. The van der Waals surface area contributed by atoms with Crippen molar-refractivity contribution in [3.63, 3.8) is 0 Å². The predicted molar refractivity (Wildman–Crippen MR) is 113 cm³/mol. The van der Waals surface area contributed by atoms with Gasteiger partial charge in [0.2, 0.25) is 0 Å². The third kappa shape index (κ3) is 5.38. The third-order valence-corrected chi connectivity index (χ3v) is 6.96. The van der Waals surface area contributed by atoms with Crippen LogP contribution in [0.2, 0.25) is 0 Å². The van der Waals surface area contributed by atoms with Crippen LogP contribution in [-0.2, 0) is 0 Å². The second-order valence-electron chi connectivity index (χ2n) is 8.63. The van der Waals surface area contributed by atoms with E-state index in [1.165, 1.54) is 37.8 Å². The molecule has 0 unspecified atom stereocenters. The van der Waals surface area contributed by atoms with E-state index < -0.39 is 11.6 Å². The zero-order chi connectivity index (χ0) is 20.1. The Morgan fingerprint density at radius 1 is 1.04 bits per heavy atom. The Kier molecular flexibility index (Phi) is 7.58. The quantitative estimate of drug-likeness (QED) is 0.446. The summed E-state index contributed by atoms with van der Waals surface area (Å²) in [5.41, 5.74) is 0.726. The maximum absolute atomic E-state index is 14.6. The Bertz CT molecular complexity index is 719. The van der Waals surface area contributed by atoms with E-state index in [0.717, 1.165) is 50.0 Å². The average molecular weight is 405 g/mol. The lowest BCUT2D eigenvalue weighted by molar-refractivity contribution is 0.307. The molecular formula is C25H31ClF2. The molecule has 0 aromatic heterocycles. The minimum atomic E-state index is -0.513. The zero-order valence-corrected chi connectivity index (χ0v) is 17.6. The molecule has 0 N–H and O–H groups in total. The van der Waals surface area contributed by atoms with Crippen molar-refractivity contribution in [1.29, 1.82) is 0 Å². The largest absolute Gasteiger partial charge is 0.206 e. The molecule has 1 aromatic rings. The van der Waals surface area contributed by atoms with Gasteiger partial charge in [-0.25, -0.2) is 8.78 Å². The lowest BCUT2D eigenvalue weighted by Gasteiger charge is -2.28. The van der Waals surface area contributed by atoms with E-state index in [2.05, 4.69) is 25.3 Å². The van der Waals surface area contributed by atoms with Gasteiger partial charge in [0.25, 0.3) is 0 Å². The van der Waals surface area contributed by atoms with E-state index >= 15 is 0 Å². The summed E-state index contributed by atoms with van der Waals surface area (Å²) in [5.74, 6) is 6.45. The smallest absolute Gasteiger partial charge is 0.142 e. The molecule has 3 heteroatoms. The van der Waals surface area contributed by atoms with Crippen LogP contribution in [-0.4, -0.2) is 0 Å². The molecule has 0 radical (unpaired) electrons. The highest BCUT2D eigenvalue weighted by Gasteiger charge is 2.24. The summed E-state index contributed by atoms with van der Waals surface area (Å²) in [7, 11) is 0. The first-order valence-electron chi connectivity index (χ1n) is 10.8. The molecule has 0 nitrogen and oxygen atoms in total. The summed E-state index contributed by atoms with van der Waals surface area (Å²) < 4.78 is 29.2. The molecule has 0 heterocycles. The normalized spacial score (nSPS) is 27.7. The van der Waals surface area contributed by atoms with E-state index in [0.29, 0.717) is 11.0 Å². The molecular weight excluding hydrogens is 374 g/mol. The number of halogens is 3. The van der Waals surface area contributed by atoms with E-state index in [9.17, 15) is 8.78 Å². The predicted octanol–water partition coefficient (Wildman–Crippen LogP) is 7.95. The fourth-order valence-electron chi connectivity index (χ4n) is 4.87. The van der Waals surface area contributed by atoms with Gasteiger partial charge in [0.15, 0.2) is 0 Å². The minimum absolute atomic E-state index is 0.0766. The van der Waals surface area contributed by atoms with E-state index in [1.807, 2.05) is 0 Å². The molecule has 0 aliphatic heterocycles. The van der Waals surface area contributed by atoms with E-state index in [1.54, 1.807) is 0 Å². The highest BCUT2D eigenvalue weighted by atomic mass is 35.5. The first-order chi connectivity index (χ1) is 13.5. The lowest BCUT2D eigenvalue weighted by Crippen LogP contribution is -2.14. The molecule has 28 heavy (non-hydrogen) atoms. The fourth-order valence-corrected chi connectivity index (χ4v) is 5.08. The van der Waals surface area contributed by atoms with Crippen LogP contribution in [0.3, 0.4) is 0 Å². The van der Waals surface area contributed by atoms with Crippen molar-refractivity contribution in [2.24, 2.45) is 17.8 Å². The van der Waals surface area contributed by atoms with Crippen molar-refractivity contribution < 1.29 is 8.78 Å². The van der Waals surface area contributed by atoms with Gasteiger partial charge >= 0.3 is 0 Å². The molecule has 2 fully saturated rings. The van der Waals surface area contributed by atoms with Crippen LogP contribution in [0, 0.1) is 41.2 Å². The molecule has 152 valence electrons. The van der Waals surface area contributed by atoms with Gasteiger partial charge in [-0.05, 0) is 86.8 Å². The first kappa shape index (κ1) is 21.4. The van der Waals surface area contributed by atoms with Crippen molar-refractivity contribution in [1.82, 2.24) is 0 Å². The van der Waals surface area contributed by atoms with Crippen LogP contribution in [0.25, 0.3) is 0 Å². The highest BCUT2D eigenvalue weighted by Crippen LogP contribution is 2.38. The van der Waals surface area contributed by atoms with Crippen LogP contribution in [0.1, 0.15) is 88.2 Å². The van der Waals surface area contributed by atoms with E-state index in [4.69, 9.17) is 11.6 Å². The number of hydrogen-bond acceptors (Lipinski definition) is 0. The summed E-state index contributed by atoms with van der Waals surface area (Å²) >= 11 is 5.99. The van der Waals surface area contributed by atoms with Crippen molar-refractivity contribution in [3.05, 3.63) is 46.5 Å². The molecule has 0 amide bonds. The molecule has 2 aliphatic rings. The Hall–Kier alpha value is -1.33. The van der Waals surface area contributed by atoms with Crippen molar-refractivity contribution in [2.75, 3.05) is 0 Å². The van der Waals surface area contributed by atoms with Crippen molar-refractivity contribution in [3.8, 4) is 11.8 Å². The molecule has 1 aromatic carbocycles. The topological polar surface area (TPSA) is 0 Å². The van der Waals surface area contributed by atoms with Crippen molar-refractivity contribution >= 4 is 11.6 Å². The number of rotatable bonds is 4. The van der Waals surface area contributed by atoms with Gasteiger partial charge in [0, 0.05) is 11.0 Å². The summed E-state index contributed by atoms with van der Waals surface area (Å²) in [6, 6.07) is 3.04. The third-order valence-electron chi connectivity index (χ3n) is 6.65. The van der Waals surface area contributed by atoms with Gasteiger partial charge in [-0.3, -0.25) is 0 Å². The molecule has 3 rings (SSSR count). The molecule has 0 atom stereocenters. The minimum Gasteiger partial charge on any atom is -0.206 e. The van der Waals surface area contributed by atoms with Crippen LogP contribution in [0.15, 0.2) is 23.7 Å². The second kappa shape index (κ2) is 9.93. The van der Waals surface area contributed by atoms with Gasteiger partial charge in [-0.2, -0.15) is 0 Å². The maximum Gasteiger partial charge on any atom is 0.142 e. The standard InChI is InChI=1S/C25H31ClF2/c1-3-4-18-7-12-21(13-8-18)22-15-24(27)23(25(28)16-22)14-9-19-5-10-20(11-6-19)17(2)26/h15-16,18-21H,2-8,10-13H2,1H3. The van der Waals surface area contributed by atoms with Crippen LogP contribution >= 0.6 is 11.6 Å². The van der Waals surface area contributed by atoms with Gasteiger partial charge in [-0.1, -0.05) is 49.8 Å². The maximum atomic E-state index is 14.6. The van der Waals surface area contributed by atoms with E-state index in [-0.39, 0.29) is 17.4 Å². The van der Waals surface area contributed by atoms with Gasteiger partial charge in [0.1, 0.15) is 11.6 Å². The van der Waals surface area contributed by atoms with Gasteiger partial charge in [-0.15, -0.1) is 0 Å². The average Bonchev–Trinajstić information content (AvgIpc) is 2.68. The zero-order valence-electron chi connectivity index (χ0n) is 16.9. The van der Waals surface area contributed by atoms with Crippen LogP contribution in [0.5, 0.6) is 0 Å². The Balaban J connectivity index is 1.64. The SMILES string of the molecule is C=C(Cl)C1CCC(C#Cc2c(F)cc(C3CCC(CCC)CC3)cc2F)CC1. The Labute approximate surface area is 173 Å². The monoisotopic (exact) mass is 404 g/mol. The van der Waals surface area contributed by atoms with Crippen molar-refractivity contribution in [2.45, 2.75) is 77.0 Å². The summed E-state index contributed by atoms with van der Waals surface area (Å²) in [6.07, 6.45) is 10.6. The summed E-state index contributed by atoms with van der Waals surface area (Å²) in [4.78, 5) is 0. The Morgan fingerprint density at radius 3 is 2.18 bits per heavy atom. The van der Waals surface area contributed by atoms with Gasteiger partial charge < -0.3 is 0 Å². The highest BCUT2D eigenvalue weighted by molar-refractivity contribution is 6.29. The van der Waals surface area contributed by atoms with Crippen LogP contribution in [0.4, 0.5) is 8.78 Å². The van der Waals surface area contributed by atoms with Gasteiger partial charge in [0.05, 0.1) is 5.56 Å². The number of allylic oxidation sites excluding steroid dienone is 1. The molecule has 0 bridgehead atoms. The molecule has 0 spiro atoms. The fraction of sp³-hybridized carbons (Fsp3) is 0.600. The summed E-state index contributed by atoms with van der Waals surface area (Å²) in [5, 5.41) is 0.711. The Morgan fingerprint density at radius 2 is 1.64 bits per heavy atom. The number of benzene rings is 1. The second-order valence-corrected chi connectivity index (χ2v) is 9.12. The molecule has 2 saturated carbocycles. The van der Waals surface area contributed by atoms with Crippen LogP contribution < -0.4 is 0 Å². The molecule has 0 saturated heterocycles. The first-order valence-corrected chi connectivity index (χ1v) is 11.2. The molecule has 2 aliphatic carbocycles. The number of hydrogen-bond donors (Lipinski definition) is 0. The summed E-state index contributed by atoms with van der Waals surface area (Å²) in [6.45, 7) is 6.03.